The maximum absolute atomic E-state index is 12.9. The number of Topliss-reactive ketones (excluding diaryl/α,β-unsaturated/α-hetero) is 1. The lowest BCUT2D eigenvalue weighted by Crippen LogP contribution is -2.46. The smallest absolute Gasteiger partial charge is 0.349 e. The van der Waals surface area contributed by atoms with Gasteiger partial charge in [0.2, 0.25) is 5.78 Å². The molecule has 0 aliphatic heterocycles. The number of anilines is 1. The fourth-order valence-corrected chi connectivity index (χ4v) is 3.90. The molecule has 0 spiro atoms. The molecule has 172 valence electrons. The van der Waals surface area contributed by atoms with Gasteiger partial charge in [0, 0.05) is 0 Å². The van der Waals surface area contributed by atoms with Crippen LogP contribution in [-0.4, -0.2) is 40.6 Å². The lowest BCUT2D eigenvalue weighted by Gasteiger charge is -2.16. The molecule has 11 heteroatoms. The zero-order valence-electron chi connectivity index (χ0n) is 17.9. The van der Waals surface area contributed by atoms with Crippen LogP contribution in [0.15, 0.2) is 51.4 Å². The number of benzene rings is 1. The molecule has 0 atom stereocenters. The summed E-state index contributed by atoms with van der Waals surface area (Å²) >= 11 is 1.16. The number of carbonyl (C=O) groups excluding carboxylic acids is 3. The van der Waals surface area contributed by atoms with Crippen molar-refractivity contribution >= 4 is 34.9 Å². The largest absolute Gasteiger partial charge is 0.468 e. The molecule has 3 aromatic rings. The van der Waals surface area contributed by atoms with Crippen LogP contribution in [-0.2, 0) is 27.4 Å². The fourth-order valence-electron chi connectivity index (χ4n) is 3.08. The molecule has 2 N–H and O–H groups in total. The molecule has 0 saturated heterocycles. The van der Waals surface area contributed by atoms with Crippen molar-refractivity contribution in [2.75, 3.05) is 19.5 Å². The second-order valence-corrected chi connectivity index (χ2v) is 7.93. The van der Waals surface area contributed by atoms with E-state index in [4.69, 9.17) is 10.5 Å². The molecule has 33 heavy (non-hydrogen) atoms. The van der Waals surface area contributed by atoms with Gasteiger partial charge in [-0.1, -0.05) is 30.3 Å². The summed E-state index contributed by atoms with van der Waals surface area (Å²) in [6.07, 6.45) is 0. The molecular formula is C22H21N3O7S. The molecule has 10 nitrogen and oxygen atoms in total. The number of esters is 2. The summed E-state index contributed by atoms with van der Waals surface area (Å²) in [6, 6.07) is 10.5. The van der Waals surface area contributed by atoms with Crippen LogP contribution in [0.5, 0.6) is 0 Å². The van der Waals surface area contributed by atoms with Crippen molar-refractivity contribution < 1.29 is 23.9 Å². The van der Waals surface area contributed by atoms with Gasteiger partial charge in [-0.2, -0.15) is 0 Å². The summed E-state index contributed by atoms with van der Waals surface area (Å²) in [4.78, 5) is 63.1. The Morgan fingerprint density at radius 3 is 2.36 bits per heavy atom. The number of rotatable bonds is 8. The van der Waals surface area contributed by atoms with E-state index in [1.54, 1.807) is 48.7 Å². The number of nitrogen functional groups attached to an aromatic ring is 1. The second-order valence-electron chi connectivity index (χ2n) is 7.01. The zero-order valence-corrected chi connectivity index (χ0v) is 18.7. The first kappa shape index (κ1) is 23.7. The number of aryl methyl sites for hydroxylation is 1. The van der Waals surface area contributed by atoms with Crippen molar-refractivity contribution in [2.45, 2.75) is 20.0 Å². The number of aromatic nitrogens is 2. The predicted octanol–water partition coefficient (Wildman–Crippen LogP) is 1.22. The van der Waals surface area contributed by atoms with Crippen LogP contribution in [0.2, 0.25) is 0 Å². The lowest BCUT2D eigenvalue weighted by atomic mass is 10.1. The van der Waals surface area contributed by atoms with E-state index in [1.165, 1.54) is 0 Å². The van der Waals surface area contributed by atoms with Crippen molar-refractivity contribution in [1.29, 1.82) is 0 Å². The number of nitrogens with zero attached hydrogens (tertiary/aromatic N) is 2. The average Bonchev–Trinajstić information content (AvgIpc) is 3.24. The quantitative estimate of drug-likeness (QED) is 0.382. The van der Waals surface area contributed by atoms with E-state index in [0.717, 1.165) is 23.0 Å². The Bertz CT molecular complexity index is 1320. The van der Waals surface area contributed by atoms with Crippen LogP contribution in [0.3, 0.4) is 0 Å². The summed E-state index contributed by atoms with van der Waals surface area (Å²) < 4.78 is 11.2. The molecule has 3 rings (SSSR count). The first-order valence-corrected chi connectivity index (χ1v) is 10.6. The summed E-state index contributed by atoms with van der Waals surface area (Å²) in [5.41, 5.74) is 4.93. The van der Waals surface area contributed by atoms with E-state index in [1.807, 2.05) is 0 Å². The normalized spacial score (nSPS) is 10.6. The van der Waals surface area contributed by atoms with Gasteiger partial charge < -0.3 is 15.2 Å². The minimum absolute atomic E-state index is 0.0541. The molecule has 0 fully saturated rings. The number of nitrogens with two attached hydrogens (primary N) is 1. The zero-order chi connectivity index (χ0) is 24.1. The first-order valence-electron chi connectivity index (χ1n) is 9.72. The summed E-state index contributed by atoms with van der Waals surface area (Å²) in [7, 11) is 1.10. The van der Waals surface area contributed by atoms with Gasteiger partial charge in [-0.25, -0.2) is 14.2 Å². The van der Waals surface area contributed by atoms with Crippen LogP contribution in [0.25, 0.3) is 0 Å². The van der Waals surface area contributed by atoms with E-state index in [0.29, 0.717) is 20.6 Å². The molecule has 1 aromatic carbocycles. The Hall–Kier alpha value is -3.99. The van der Waals surface area contributed by atoms with Crippen molar-refractivity contribution in [1.82, 2.24) is 9.13 Å². The topological polar surface area (TPSA) is 140 Å². The fraction of sp³-hybridized carbons (Fsp3) is 0.227. The van der Waals surface area contributed by atoms with Crippen molar-refractivity contribution in [3.63, 3.8) is 0 Å². The number of methoxy groups -OCH3 is 1. The first-order chi connectivity index (χ1) is 15.7. The van der Waals surface area contributed by atoms with Crippen molar-refractivity contribution in [3.8, 4) is 0 Å². The van der Waals surface area contributed by atoms with Gasteiger partial charge in [-0.3, -0.25) is 19.0 Å². The second kappa shape index (κ2) is 10.1. The van der Waals surface area contributed by atoms with E-state index in [9.17, 15) is 24.0 Å². The molecule has 0 radical (unpaired) electrons. The molecule has 2 aromatic heterocycles. The number of ether oxygens (including phenoxy) is 2. The number of thiophene rings is 1. The van der Waals surface area contributed by atoms with Crippen LogP contribution in [0.1, 0.15) is 31.2 Å². The predicted molar refractivity (Wildman–Crippen MR) is 121 cm³/mol. The molecular weight excluding hydrogens is 450 g/mol. The Kier molecular flexibility index (Phi) is 7.23. The number of ketones is 1. The number of carbonyl (C=O) groups is 3. The third kappa shape index (κ3) is 5.09. The highest BCUT2D eigenvalue weighted by molar-refractivity contribution is 7.12. The van der Waals surface area contributed by atoms with E-state index >= 15 is 0 Å². The highest BCUT2D eigenvalue weighted by Crippen LogP contribution is 2.17. The van der Waals surface area contributed by atoms with Crippen LogP contribution < -0.4 is 17.0 Å². The van der Waals surface area contributed by atoms with Gasteiger partial charge in [-0.05, 0) is 29.5 Å². The van der Waals surface area contributed by atoms with E-state index in [2.05, 4.69) is 4.74 Å². The monoisotopic (exact) mass is 471 g/mol. The van der Waals surface area contributed by atoms with Gasteiger partial charge in [0.1, 0.15) is 22.8 Å². The highest BCUT2D eigenvalue weighted by Gasteiger charge is 2.25. The molecule has 0 amide bonds. The molecule has 0 aliphatic carbocycles. The summed E-state index contributed by atoms with van der Waals surface area (Å²) in [6.45, 7) is 0.189. The maximum atomic E-state index is 12.9. The van der Waals surface area contributed by atoms with Crippen LogP contribution in [0.4, 0.5) is 5.82 Å². The van der Waals surface area contributed by atoms with Crippen molar-refractivity contribution in [2.24, 2.45) is 0 Å². The van der Waals surface area contributed by atoms with Gasteiger partial charge in [0.15, 0.2) is 6.61 Å². The van der Waals surface area contributed by atoms with Gasteiger partial charge >= 0.3 is 17.6 Å². The van der Waals surface area contributed by atoms with Crippen molar-refractivity contribution in [3.05, 3.63) is 84.2 Å². The summed E-state index contributed by atoms with van der Waals surface area (Å²) in [5, 5.41) is 1.71. The van der Waals surface area contributed by atoms with Gasteiger partial charge in [0.25, 0.3) is 5.56 Å². The van der Waals surface area contributed by atoms with Gasteiger partial charge in [-0.15, -0.1) is 11.3 Å². The van der Waals surface area contributed by atoms with E-state index in [-0.39, 0.29) is 12.4 Å². The minimum Gasteiger partial charge on any atom is -0.468 e. The Balaban J connectivity index is 2.01. The Morgan fingerprint density at radius 1 is 1.06 bits per heavy atom. The number of hydrogen-bond donors (Lipinski definition) is 1. The standard InChI is InChI=1S/C22H21N3O7S/c1-13-8-9-33-18(13)21(29)32-12-15(26)17-19(23)24(10-14-6-4-3-5-7-14)22(30)25(20(17)28)11-16(27)31-2/h3-9H,10-12,23H2,1-2H3. The highest BCUT2D eigenvalue weighted by atomic mass is 32.1. The third-order valence-electron chi connectivity index (χ3n) is 4.83. The van der Waals surface area contributed by atoms with Crippen LogP contribution in [0, 0.1) is 6.92 Å². The molecule has 0 bridgehead atoms. The SMILES string of the molecule is COC(=O)Cn1c(=O)c(C(=O)COC(=O)c2sccc2C)c(N)n(Cc2ccccc2)c1=O. The molecule has 0 saturated carbocycles. The van der Waals surface area contributed by atoms with Gasteiger partial charge in [0.05, 0.1) is 13.7 Å². The minimum atomic E-state index is -1.07. The Labute approximate surface area is 191 Å². The van der Waals surface area contributed by atoms with E-state index < -0.39 is 47.7 Å². The average molecular weight is 471 g/mol. The molecule has 0 aliphatic rings. The third-order valence-corrected chi connectivity index (χ3v) is 5.82. The Morgan fingerprint density at radius 2 is 1.76 bits per heavy atom. The molecule has 0 unspecified atom stereocenters. The van der Waals surface area contributed by atoms with Crippen LogP contribution >= 0.6 is 11.3 Å². The molecule has 2 heterocycles. The summed E-state index contributed by atoms with van der Waals surface area (Å²) in [5.74, 6) is -2.87. The lowest BCUT2D eigenvalue weighted by molar-refractivity contribution is -0.141. The number of hydrogen-bond acceptors (Lipinski definition) is 9. The maximum Gasteiger partial charge on any atom is 0.349 e.